The molecular weight excluding hydrogens is 596 g/mol. The maximum atomic E-state index is 13.1. The first-order chi connectivity index (χ1) is 22.6. The first-order valence-electron chi connectivity index (χ1n) is 16.2. The fourth-order valence-corrected chi connectivity index (χ4v) is 6.23. The number of hydrogen-bond donors (Lipinski definition) is 2. The Labute approximate surface area is 275 Å². The van der Waals surface area contributed by atoms with Gasteiger partial charge in [0.05, 0.1) is 36.0 Å². The van der Waals surface area contributed by atoms with Gasteiger partial charge in [-0.15, -0.1) is 0 Å². The summed E-state index contributed by atoms with van der Waals surface area (Å²) in [6.45, 7) is 9.08. The molecule has 10 nitrogen and oxygen atoms in total. The van der Waals surface area contributed by atoms with Crippen LogP contribution in [0, 0.1) is 5.92 Å². The predicted octanol–water partition coefficient (Wildman–Crippen LogP) is 5.97. The van der Waals surface area contributed by atoms with Gasteiger partial charge in [0.2, 0.25) is 0 Å². The van der Waals surface area contributed by atoms with Gasteiger partial charge in [-0.2, -0.15) is 0 Å². The number of nitrogens with one attached hydrogen (secondary N) is 1. The van der Waals surface area contributed by atoms with Gasteiger partial charge in [-0.3, -0.25) is 19.5 Å². The second-order valence-electron chi connectivity index (χ2n) is 13.3. The predicted molar refractivity (Wildman–Crippen MR) is 177 cm³/mol. The molecule has 246 valence electrons. The number of anilines is 1. The monoisotopic (exact) mass is 638 g/mol. The maximum absolute atomic E-state index is 13.1. The second kappa shape index (κ2) is 13.9. The van der Waals surface area contributed by atoms with E-state index in [-0.39, 0.29) is 48.3 Å². The summed E-state index contributed by atoms with van der Waals surface area (Å²) < 4.78 is 19.0. The summed E-state index contributed by atoms with van der Waals surface area (Å²) in [7, 11) is 0. The number of ether oxygens (including phenoxy) is 3. The number of nitrogens with zero attached hydrogens (tertiary/aromatic N) is 3. The van der Waals surface area contributed by atoms with E-state index in [1.165, 1.54) is 6.20 Å². The fourth-order valence-electron chi connectivity index (χ4n) is 6.23. The Morgan fingerprint density at radius 3 is 2.38 bits per heavy atom. The number of amides is 1. The van der Waals surface area contributed by atoms with Crippen molar-refractivity contribution in [1.29, 1.82) is 0 Å². The number of fused-ring (bicyclic) bond motifs is 1. The summed E-state index contributed by atoms with van der Waals surface area (Å²) in [6, 6.07) is 22.3. The lowest BCUT2D eigenvalue weighted by molar-refractivity contribution is -0.276. The topological polar surface area (TPSA) is 123 Å². The van der Waals surface area contributed by atoms with Crippen LogP contribution >= 0.6 is 0 Å². The largest absolute Gasteiger partial charge is 0.459 e. The van der Waals surface area contributed by atoms with Crippen LogP contribution in [0.15, 0.2) is 79.0 Å². The minimum atomic E-state index is -0.683. The van der Waals surface area contributed by atoms with Crippen molar-refractivity contribution in [2.45, 2.75) is 77.3 Å². The number of hydrogen-bond acceptors (Lipinski definition) is 9. The van der Waals surface area contributed by atoms with E-state index in [0.29, 0.717) is 17.7 Å². The van der Waals surface area contributed by atoms with Gasteiger partial charge >= 0.3 is 5.97 Å². The van der Waals surface area contributed by atoms with Crippen molar-refractivity contribution in [3.05, 3.63) is 101 Å². The lowest BCUT2D eigenvalue weighted by atomic mass is 9.90. The highest BCUT2D eigenvalue weighted by atomic mass is 16.7. The highest BCUT2D eigenvalue weighted by Gasteiger charge is 2.42. The summed E-state index contributed by atoms with van der Waals surface area (Å²) in [5.41, 5.74) is 4.25. The number of carbonyl (C=O) groups excluding carboxylic acids is 2. The number of likely N-dealkylation sites (tertiary alicyclic amines) is 1. The van der Waals surface area contributed by atoms with Crippen molar-refractivity contribution in [1.82, 2.24) is 14.9 Å². The van der Waals surface area contributed by atoms with Crippen LogP contribution < -0.4 is 5.32 Å². The Hall–Kier alpha value is -4.22. The van der Waals surface area contributed by atoms with Gasteiger partial charge in [-0.05, 0) is 75.5 Å². The van der Waals surface area contributed by atoms with E-state index in [0.717, 1.165) is 41.6 Å². The summed E-state index contributed by atoms with van der Waals surface area (Å²) >= 11 is 0. The number of aliphatic hydroxyl groups is 1. The van der Waals surface area contributed by atoms with Crippen LogP contribution in [0.2, 0.25) is 0 Å². The Kier molecular flexibility index (Phi) is 9.65. The summed E-state index contributed by atoms with van der Waals surface area (Å²) in [6.07, 6.45) is 1.91. The molecule has 4 aromatic rings. The quantitative estimate of drug-likeness (QED) is 0.225. The van der Waals surface area contributed by atoms with Gasteiger partial charge in [0.1, 0.15) is 17.3 Å². The van der Waals surface area contributed by atoms with Crippen molar-refractivity contribution < 1.29 is 28.9 Å². The molecule has 0 spiro atoms. The number of carbonyl (C=O) groups is 2. The van der Waals surface area contributed by atoms with Crippen molar-refractivity contribution in [2.24, 2.45) is 5.92 Å². The molecule has 2 N–H and O–H groups in total. The van der Waals surface area contributed by atoms with Crippen LogP contribution in [0.25, 0.3) is 11.0 Å². The van der Waals surface area contributed by atoms with Crippen LogP contribution in [0.1, 0.15) is 80.1 Å². The highest BCUT2D eigenvalue weighted by Crippen LogP contribution is 2.42. The molecule has 5 atom stereocenters. The van der Waals surface area contributed by atoms with Crippen LogP contribution in [0.3, 0.4) is 0 Å². The number of esters is 1. The smallest absolute Gasteiger partial charge is 0.323 e. The Morgan fingerprint density at radius 2 is 1.68 bits per heavy atom. The molecule has 2 aliphatic rings. The first kappa shape index (κ1) is 32.7. The molecule has 1 amide bonds. The number of aliphatic hydroxyl groups excluding tert-OH is 1. The lowest BCUT2D eigenvalue weighted by Crippen LogP contribution is -2.48. The molecule has 0 radical (unpaired) electrons. The van der Waals surface area contributed by atoms with Gasteiger partial charge in [-0.25, -0.2) is 4.98 Å². The normalized spacial score (nSPS) is 23.5. The van der Waals surface area contributed by atoms with E-state index >= 15 is 0 Å². The molecule has 0 unspecified atom stereocenters. The van der Waals surface area contributed by atoms with E-state index in [9.17, 15) is 14.7 Å². The molecule has 6 rings (SSSR count). The van der Waals surface area contributed by atoms with Crippen molar-refractivity contribution >= 4 is 28.6 Å². The van der Waals surface area contributed by atoms with E-state index in [1.807, 2.05) is 93.6 Å². The molecule has 2 saturated heterocycles. The fraction of sp³-hybridized carbons (Fsp3) is 0.405. The Bertz CT molecular complexity index is 1710. The van der Waals surface area contributed by atoms with Gasteiger partial charge in [0.25, 0.3) is 5.91 Å². The zero-order chi connectivity index (χ0) is 33.1. The SMILES string of the molecule is C[C@H]1[C@@H](CN2CCC[C@H]2C(=O)OC(C)(C)C)O[C@@H](c2ccc(NC(=O)c3cnc4ccccc4n3)cc2)O[C@H]1c1ccc(CO)cc1. The first-order valence-corrected chi connectivity index (χ1v) is 16.2. The van der Waals surface area contributed by atoms with Crippen LogP contribution in [0.5, 0.6) is 0 Å². The molecule has 0 aliphatic carbocycles. The third kappa shape index (κ3) is 7.68. The number of aromatic nitrogens is 2. The Balaban J connectivity index is 1.20. The molecule has 10 heteroatoms. The second-order valence-corrected chi connectivity index (χ2v) is 13.3. The van der Waals surface area contributed by atoms with E-state index in [2.05, 4.69) is 27.1 Å². The minimum absolute atomic E-state index is 0.0345. The Morgan fingerprint density at radius 1 is 0.979 bits per heavy atom. The van der Waals surface area contributed by atoms with E-state index in [1.54, 1.807) is 0 Å². The number of para-hydroxylation sites is 2. The van der Waals surface area contributed by atoms with E-state index in [4.69, 9.17) is 14.2 Å². The summed E-state index contributed by atoms with van der Waals surface area (Å²) in [5, 5.41) is 12.5. The zero-order valence-electron chi connectivity index (χ0n) is 27.3. The summed E-state index contributed by atoms with van der Waals surface area (Å²) in [5.74, 6) is -0.589. The standard InChI is InChI=1S/C37H42N4O6/c1-23-32(21-41-19-7-10-31(41)35(44)47-37(2,3)4)45-36(46-33(23)25-13-11-24(22-42)12-14-25)26-15-17-27(18-16-26)39-34(43)30-20-38-28-8-5-6-9-29(28)40-30/h5-6,8-9,11-18,20,23,31-33,36,42H,7,10,19,21-22H2,1-4H3,(H,39,43)/t23-,31-,32+,33+,36+/m0/s1. The molecular formula is C37H42N4O6. The van der Waals surface area contributed by atoms with Gasteiger partial charge in [-0.1, -0.05) is 55.5 Å². The lowest BCUT2D eigenvalue weighted by Gasteiger charge is -2.43. The number of rotatable bonds is 8. The highest BCUT2D eigenvalue weighted by molar-refractivity contribution is 6.03. The van der Waals surface area contributed by atoms with Gasteiger partial charge < -0.3 is 24.6 Å². The molecule has 2 fully saturated rings. The van der Waals surface area contributed by atoms with Crippen molar-refractivity contribution in [2.75, 3.05) is 18.4 Å². The number of benzene rings is 3. The molecule has 0 saturated carbocycles. The molecule has 2 aliphatic heterocycles. The van der Waals surface area contributed by atoms with Crippen LogP contribution in [0.4, 0.5) is 5.69 Å². The van der Waals surface area contributed by atoms with Crippen molar-refractivity contribution in [3.63, 3.8) is 0 Å². The maximum Gasteiger partial charge on any atom is 0.323 e. The third-order valence-corrected chi connectivity index (χ3v) is 8.70. The van der Waals surface area contributed by atoms with Gasteiger partial charge in [0, 0.05) is 23.7 Å². The molecule has 47 heavy (non-hydrogen) atoms. The molecule has 3 heterocycles. The zero-order valence-corrected chi connectivity index (χ0v) is 27.3. The minimum Gasteiger partial charge on any atom is -0.459 e. The molecule has 3 aromatic carbocycles. The van der Waals surface area contributed by atoms with Gasteiger partial charge in [0.15, 0.2) is 6.29 Å². The third-order valence-electron chi connectivity index (χ3n) is 8.70. The van der Waals surface area contributed by atoms with Crippen LogP contribution in [-0.2, 0) is 25.6 Å². The molecule has 1 aromatic heterocycles. The van der Waals surface area contributed by atoms with E-state index < -0.39 is 11.9 Å². The average molecular weight is 639 g/mol. The summed E-state index contributed by atoms with van der Waals surface area (Å²) in [4.78, 5) is 37.0. The molecule has 0 bridgehead atoms. The van der Waals surface area contributed by atoms with Crippen molar-refractivity contribution in [3.8, 4) is 0 Å². The average Bonchev–Trinajstić information content (AvgIpc) is 3.53. The van der Waals surface area contributed by atoms with Crippen LogP contribution in [-0.4, -0.2) is 62.7 Å².